The van der Waals surface area contributed by atoms with Gasteiger partial charge in [0, 0.05) is 6.07 Å². The lowest BCUT2D eigenvalue weighted by molar-refractivity contribution is -0.119. The van der Waals surface area contributed by atoms with Gasteiger partial charge in [0.05, 0.1) is 24.2 Å². The van der Waals surface area contributed by atoms with Crippen LogP contribution in [0, 0.1) is 12.8 Å². The van der Waals surface area contributed by atoms with Gasteiger partial charge in [-0.1, -0.05) is 20.8 Å². The van der Waals surface area contributed by atoms with Crippen LogP contribution in [0.2, 0.25) is 0 Å². The highest BCUT2D eigenvalue weighted by molar-refractivity contribution is 5.91. The summed E-state index contributed by atoms with van der Waals surface area (Å²) in [5.74, 6) is 0.524. The number of carbonyl (C=O) groups excluding carboxylic acids is 1. The summed E-state index contributed by atoms with van der Waals surface area (Å²) in [4.78, 5) is 16.3. The molecule has 0 aliphatic rings. The fourth-order valence-corrected chi connectivity index (χ4v) is 2.46. The van der Waals surface area contributed by atoms with E-state index in [0.29, 0.717) is 12.6 Å². The molecule has 2 aromatic heterocycles. The molecule has 1 amide bonds. The van der Waals surface area contributed by atoms with Gasteiger partial charge in [0.15, 0.2) is 0 Å². The average Bonchev–Trinajstić information content (AvgIpc) is 3.11. The second-order valence-corrected chi connectivity index (χ2v) is 5.59. The third-order valence-corrected chi connectivity index (χ3v) is 3.77. The van der Waals surface area contributed by atoms with Gasteiger partial charge in [-0.25, -0.2) is 9.67 Å². The maximum atomic E-state index is 12.4. The first-order valence-corrected chi connectivity index (χ1v) is 7.74. The number of hydrogen-bond acceptors (Lipinski definition) is 4. The van der Waals surface area contributed by atoms with Gasteiger partial charge < -0.3 is 5.32 Å². The molecule has 1 N–H and O–H groups in total. The van der Waals surface area contributed by atoms with Crippen molar-refractivity contribution in [1.29, 1.82) is 0 Å². The van der Waals surface area contributed by atoms with Crippen LogP contribution in [0.1, 0.15) is 45.3 Å². The summed E-state index contributed by atoms with van der Waals surface area (Å²) in [5, 5.41) is 11.5. The molecule has 0 aliphatic carbocycles. The lowest BCUT2D eigenvalue weighted by Gasteiger charge is -2.18. The van der Waals surface area contributed by atoms with E-state index < -0.39 is 0 Å². The van der Waals surface area contributed by atoms with E-state index in [1.807, 2.05) is 24.6 Å². The van der Waals surface area contributed by atoms with Crippen molar-refractivity contribution in [3.63, 3.8) is 0 Å². The zero-order valence-corrected chi connectivity index (χ0v) is 13.7. The van der Waals surface area contributed by atoms with Crippen molar-refractivity contribution in [3.8, 4) is 0 Å². The molecule has 0 radical (unpaired) electrons. The molecule has 0 saturated carbocycles. The SMILES string of the molecule is CCC(CC)n1nc(C)cc1NC(=O)[C@@H](C)Cn1cncn1. The molecule has 2 rings (SSSR count). The molecule has 120 valence electrons. The molecule has 0 spiro atoms. The summed E-state index contributed by atoms with van der Waals surface area (Å²) >= 11 is 0. The molecular weight excluding hydrogens is 280 g/mol. The van der Waals surface area contributed by atoms with E-state index >= 15 is 0 Å². The second-order valence-electron chi connectivity index (χ2n) is 5.59. The molecular formula is C15H24N6O. The van der Waals surface area contributed by atoms with Crippen molar-refractivity contribution >= 4 is 11.7 Å². The molecule has 22 heavy (non-hydrogen) atoms. The average molecular weight is 304 g/mol. The van der Waals surface area contributed by atoms with Gasteiger partial charge in [0.25, 0.3) is 0 Å². The van der Waals surface area contributed by atoms with Crippen LogP contribution < -0.4 is 5.32 Å². The zero-order valence-electron chi connectivity index (χ0n) is 13.7. The van der Waals surface area contributed by atoms with E-state index in [1.165, 1.54) is 6.33 Å². The number of anilines is 1. The summed E-state index contributed by atoms with van der Waals surface area (Å²) in [6.45, 7) is 8.58. The Bertz CT molecular complexity index is 600. The first-order chi connectivity index (χ1) is 10.5. The van der Waals surface area contributed by atoms with Crippen LogP contribution in [0.3, 0.4) is 0 Å². The fraction of sp³-hybridized carbons (Fsp3) is 0.600. The summed E-state index contributed by atoms with van der Waals surface area (Å²) in [5.41, 5.74) is 0.908. The van der Waals surface area contributed by atoms with Gasteiger partial charge >= 0.3 is 0 Å². The fourth-order valence-electron chi connectivity index (χ4n) is 2.46. The summed E-state index contributed by atoms with van der Waals surface area (Å²) in [6.07, 6.45) is 5.04. The van der Waals surface area contributed by atoms with E-state index in [-0.39, 0.29) is 11.8 Å². The Morgan fingerprint density at radius 1 is 1.36 bits per heavy atom. The highest BCUT2D eigenvalue weighted by Gasteiger charge is 2.19. The Hall–Kier alpha value is -2.18. The number of hydrogen-bond donors (Lipinski definition) is 1. The first-order valence-electron chi connectivity index (χ1n) is 7.74. The third kappa shape index (κ3) is 3.72. The van der Waals surface area contributed by atoms with Crippen LogP contribution in [-0.4, -0.2) is 30.5 Å². The quantitative estimate of drug-likeness (QED) is 0.852. The molecule has 0 unspecified atom stereocenters. The Kier molecular flexibility index (Phi) is 5.30. The van der Waals surface area contributed by atoms with Gasteiger partial charge in [-0.05, 0) is 19.8 Å². The van der Waals surface area contributed by atoms with Crippen LogP contribution in [0.15, 0.2) is 18.7 Å². The minimum Gasteiger partial charge on any atom is -0.311 e. The van der Waals surface area contributed by atoms with E-state index in [2.05, 4.69) is 34.3 Å². The molecule has 2 aromatic rings. The van der Waals surface area contributed by atoms with Crippen molar-refractivity contribution in [2.75, 3.05) is 5.32 Å². The highest BCUT2D eigenvalue weighted by Crippen LogP contribution is 2.22. The maximum Gasteiger partial charge on any atom is 0.230 e. The Labute approximate surface area is 130 Å². The van der Waals surface area contributed by atoms with E-state index in [1.54, 1.807) is 11.0 Å². The molecule has 0 bridgehead atoms. The van der Waals surface area contributed by atoms with Crippen molar-refractivity contribution in [2.45, 2.75) is 53.1 Å². The monoisotopic (exact) mass is 304 g/mol. The van der Waals surface area contributed by atoms with Gasteiger partial charge in [0.1, 0.15) is 18.5 Å². The largest absolute Gasteiger partial charge is 0.311 e. The lowest BCUT2D eigenvalue weighted by Crippen LogP contribution is -2.26. The van der Waals surface area contributed by atoms with Crippen LogP contribution in [0.25, 0.3) is 0 Å². The van der Waals surface area contributed by atoms with Crippen LogP contribution >= 0.6 is 0 Å². The molecule has 1 atom stereocenters. The number of aromatic nitrogens is 5. The number of nitrogens with zero attached hydrogens (tertiary/aromatic N) is 5. The topological polar surface area (TPSA) is 77.6 Å². The van der Waals surface area contributed by atoms with E-state index in [4.69, 9.17) is 0 Å². The smallest absolute Gasteiger partial charge is 0.230 e. The van der Waals surface area contributed by atoms with Crippen molar-refractivity contribution in [3.05, 3.63) is 24.4 Å². The van der Waals surface area contributed by atoms with E-state index in [9.17, 15) is 4.79 Å². The second kappa shape index (κ2) is 7.20. The number of nitrogens with one attached hydrogen (secondary N) is 1. The molecule has 7 heteroatoms. The van der Waals surface area contributed by atoms with Gasteiger partial charge in [-0.15, -0.1) is 0 Å². The van der Waals surface area contributed by atoms with Gasteiger partial charge in [-0.3, -0.25) is 9.48 Å². The van der Waals surface area contributed by atoms with Crippen LogP contribution in [0.4, 0.5) is 5.82 Å². The Morgan fingerprint density at radius 3 is 2.68 bits per heavy atom. The van der Waals surface area contributed by atoms with E-state index in [0.717, 1.165) is 24.4 Å². The minimum atomic E-state index is -0.202. The maximum absolute atomic E-state index is 12.4. The normalized spacial score (nSPS) is 12.6. The third-order valence-electron chi connectivity index (χ3n) is 3.77. The molecule has 0 fully saturated rings. The van der Waals surface area contributed by atoms with Crippen molar-refractivity contribution < 1.29 is 4.79 Å². The van der Waals surface area contributed by atoms with Crippen LogP contribution in [-0.2, 0) is 11.3 Å². The number of rotatable bonds is 7. The number of amides is 1. The molecule has 0 saturated heterocycles. The standard InChI is InChI=1S/C15H24N6O/c1-5-13(6-2)21-14(7-12(4)19-21)18-15(22)11(3)8-20-10-16-9-17-20/h7,9-11,13H,5-6,8H2,1-4H3,(H,18,22)/t11-/m0/s1. The summed E-state index contributed by atoms with van der Waals surface area (Å²) in [6, 6.07) is 2.22. The highest BCUT2D eigenvalue weighted by atomic mass is 16.2. The predicted molar refractivity (Wildman–Crippen MR) is 84.4 cm³/mol. The molecule has 0 aromatic carbocycles. The first kappa shape index (κ1) is 16.2. The predicted octanol–water partition coefficient (Wildman–Crippen LogP) is 2.42. The lowest BCUT2D eigenvalue weighted by atomic mass is 10.1. The van der Waals surface area contributed by atoms with Crippen LogP contribution in [0.5, 0.6) is 0 Å². The summed E-state index contributed by atoms with van der Waals surface area (Å²) < 4.78 is 3.59. The number of carbonyl (C=O) groups is 1. The van der Waals surface area contributed by atoms with Crippen molar-refractivity contribution in [2.24, 2.45) is 5.92 Å². The summed E-state index contributed by atoms with van der Waals surface area (Å²) in [7, 11) is 0. The minimum absolute atomic E-state index is 0.0393. The zero-order chi connectivity index (χ0) is 16.1. The molecule has 7 nitrogen and oxygen atoms in total. The van der Waals surface area contributed by atoms with Crippen molar-refractivity contribution in [1.82, 2.24) is 24.5 Å². The van der Waals surface area contributed by atoms with Gasteiger partial charge in [-0.2, -0.15) is 10.2 Å². The Balaban J connectivity index is 2.07. The molecule has 0 aliphatic heterocycles. The Morgan fingerprint density at radius 2 is 2.09 bits per heavy atom. The number of aryl methyl sites for hydroxylation is 1. The van der Waals surface area contributed by atoms with Gasteiger partial charge in [0.2, 0.25) is 5.91 Å². The molecule has 2 heterocycles.